The highest BCUT2D eigenvalue weighted by molar-refractivity contribution is 5.67. The van der Waals surface area contributed by atoms with Crippen LogP contribution in [0.3, 0.4) is 0 Å². The third-order valence-electron chi connectivity index (χ3n) is 3.07. The van der Waals surface area contributed by atoms with Crippen LogP contribution in [0, 0.1) is 10.4 Å². The predicted molar refractivity (Wildman–Crippen MR) is 75.9 cm³/mol. The molecule has 1 aromatic carbocycles. The Kier molecular flexibility index (Phi) is 4.52. The lowest BCUT2D eigenvalue weighted by Gasteiger charge is -2.14. The molecule has 108 valence electrons. The number of hydrogen-bond donors (Lipinski definition) is 1. The molecule has 1 heterocycles. The number of nitrogens with zero attached hydrogens (tertiary/aromatic N) is 4. The predicted octanol–water partition coefficient (Wildman–Crippen LogP) is 0.255. The number of aromatic nitrogens is 3. The smallest absolute Gasteiger partial charge is 0.461 e. The van der Waals surface area contributed by atoms with Gasteiger partial charge in [-0.15, -0.1) is 0 Å². The van der Waals surface area contributed by atoms with Crippen LogP contribution in [0.4, 0.5) is 5.95 Å². The molecule has 0 spiro atoms. The first kappa shape index (κ1) is 14.3. The molecule has 20 heavy (non-hydrogen) atoms. The van der Waals surface area contributed by atoms with Gasteiger partial charge in [0.1, 0.15) is 0 Å². The van der Waals surface area contributed by atoms with Crippen molar-refractivity contribution in [3.05, 3.63) is 34.7 Å². The van der Waals surface area contributed by atoms with E-state index in [4.69, 9.17) is 0 Å². The molecule has 1 aromatic heterocycles. The van der Waals surface area contributed by atoms with Gasteiger partial charge in [0.15, 0.2) is 5.52 Å². The largest absolute Gasteiger partial charge is 0.739 e. The van der Waals surface area contributed by atoms with E-state index in [0.29, 0.717) is 21.6 Å². The van der Waals surface area contributed by atoms with Crippen molar-refractivity contribution in [2.24, 2.45) is 0 Å². The van der Waals surface area contributed by atoms with Crippen LogP contribution >= 0.6 is 0 Å². The number of benzene rings is 1. The van der Waals surface area contributed by atoms with E-state index in [9.17, 15) is 10.4 Å². The van der Waals surface area contributed by atoms with Gasteiger partial charge in [0, 0.05) is 17.5 Å². The van der Waals surface area contributed by atoms with Crippen molar-refractivity contribution < 1.29 is 9.58 Å². The monoisotopic (exact) mass is 277 g/mol. The van der Waals surface area contributed by atoms with E-state index in [1.165, 1.54) is 0 Å². The molecule has 0 radical (unpaired) electrons. The van der Waals surface area contributed by atoms with Gasteiger partial charge < -0.3 is 15.3 Å². The Morgan fingerprint density at radius 2 is 1.90 bits per heavy atom. The van der Waals surface area contributed by atoms with Crippen LogP contribution in [-0.4, -0.2) is 36.7 Å². The number of anilines is 1. The quantitative estimate of drug-likeness (QED) is 0.605. The van der Waals surface area contributed by atoms with Gasteiger partial charge in [-0.1, -0.05) is 19.1 Å². The summed E-state index contributed by atoms with van der Waals surface area (Å²) in [6.45, 7) is 4.44. The van der Waals surface area contributed by atoms with E-state index in [1.807, 2.05) is 7.05 Å². The lowest BCUT2D eigenvalue weighted by Crippen LogP contribution is -2.44. The molecular weight excluding hydrogens is 258 g/mol. The second-order valence-electron chi connectivity index (χ2n) is 4.71. The Labute approximate surface area is 117 Å². The van der Waals surface area contributed by atoms with Crippen molar-refractivity contribution in [2.45, 2.75) is 13.3 Å². The lowest BCUT2D eigenvalue weighted by molar-refractivity contribution is -0.672. The maximum atomic E-state index is 12.1. The summed E-state index contributed by atoms with van der Waals surface area (Å²) in [5.41, 5.74) is 0.568. The van der Waals surface area contributed by atoms with E-state index in [-0.39, 0.29) is 11.5 Å². The topological polar surface area (TPSA) is 82.0 Å². The van der Waals surface area contributed by atoms with Gasteiger partial charge in [-0.2, -0.15) is 0 Å². The standard InChI is InChI=1S/C13H19N5O2/c1-3-9-16(2)10-8-14-13-15-18(20)12-7-5-4-6-11(12)17(13)19/h4-7H,3,8-10H2,1-2H3,(H,14,15). The van der Waals surface area contributed by atoms with E-state index >= 15 is 0 Å². The van der Waals surface area contributed by atoms with Crippen molar-refractivity contribution in [3.8, 4) is 0 Å². The SMILES string of the molecule is CCCN(C)CCNc1n[n+]([O-])c2ccccc2[n+]1[O-]. The highest BCUT2D eigenvalue weighted by Gasteiger charge is 2.19. The lowest BCUT2D eigenvalue weighted by atomic mass is 10.3. The Morgan fingerprint density at radius 3 is 2.60 bits per heavy atom. The molecule has 0 saturated heterocycles. The molecule has 0 saturated carbocycles. The second-order valence-corrected chi connectivity index (χ2v) is 4.71. The molecule has 0 fully saturated rings. The average Bonchev–Trinajstić information content (AvgIpc) is 2.44. The van der Waals surface area contributed by atoms with E-state index in [1.54, 1.807) is 24.3 Å². The Hall–Kier alpha value is -2.15. The fourth-order valence-electron chi connectivity index (χ4n) is 2.05. The van der Waals surface area contributed by atoms with E-state index in [2.05, 4.69) is 22.2 Å². The molecule has 0 aliphatic rings. The average molecular weight is 277 g/mol. The molecule has 0 bridgehead atoms. The van der Waals surface area contributed by atoms with Crippen molar-refractivity contribution in [1.29, 1.82) is 0 Å². The maximum absolute atomic E-state index is 12.1. The normalized spacial score (nSPS) is 11.2. The molecule has 7 nitrogen and oxygen atoms in total. The van der Waals surface area contributed by atoms with E-state index in [0.717, 1.165) is 19.5 Å². The van der Waals surface area contributed by atoms with Crippen LogP contribution in [0.5, 0.6) is 0 Å². The zero-order valence-electron chi connectivity index (χ0n) is 11.7. The highest BCUT2D eigenvalue weighted by atomic mass is 16.5. The third kappa shape index (κ3) is 3.05. The molecule has 0 aliphatic carbocycles. The summed E-state index contributed by atoms with van der Waals surface area (Å²) in [6.07, 6.45) is 1.08. The zero-order chi connectivity index (χ0) is 14.5. The number of rotatable bonds is 6. The molecule has 2 aromatic rings. The molecule has 0 amide bonds. The van der Waals surface area contributed by atoms with Crippen LogP contribution in [0.1, 0.15) is 13.3 Å². The summed E-state index contributed by atoms with van der Waals surface area (Å²) in [7, 11) is 2.01. The number of para-hydroxylation sites is 2. The minimum absolute atomic E-state index is 0.0311. The first-order valence-electron chi connectivity index (χ1n) is 6.68. The first-order valence-corrected chi connectivity index (χ1v) is 6.68. The first-order chi connectivity index (χ1) is 9.63. The highest BCUT2D eigenvalue weighted by Crippen LogP contribution is 2.05. The van der Waals surface area contributed by atoms with Gasteiger partial charge in [0.2, 0.25) is 5.10 Å². The van der Waals surface area contributed by atoms with Crippen molar-refractivity contribution in [2.75, 3.05) is 32.0 Å². The van der Waals surface area contributed by atoms with Gasteiger partial charge in [-0.05, 0) is 26.1 Å². The maximum Gasteiger partial charge on any atom is 0.461 e. The van der Waals surface area contributed by atoms with Crippen molar-refractivity contribution in [3.63, 3.8) is 0 Å². The van der Waals surface area contributed by atoms with Crippen molar-refractivity contribution in [1.82, 2.24) is 10.00 Å². The zero-order valence-corrected chi connectivity index (χ0v) is 11.7. The van der Waals surface area contributed by atoms with Gasteiger partial charge in [-0.3, -0.25) is 5.32 Å². The molecule has 0 aliphatic heterocycles. The third-order valence-corrected chi connectivity index (χ3v) is 3.07. The number of likely N-dealkylation sites (N-methyl/N-ethyl adjacent to an activating group) is 1. The fourth-order valence-corrected chi connectivity index (χ4v) is 2.05. The summed E-state index contributed by atoms with van der Waals surface area (Å²) < 4.78 is 0.656. The summed E-state index contributed by atoms with van der Waals surface area (Å²) in [6, 6.07) is 6.59. The van der Waals surface area contributed by atoms with E-state index < -0.39 is 0 Å². The van der Waals surface area contributed by atoms with Crippen LogP contribution in [0.2, 0.25) is 0 Å². The number of fused-ring (bicyclic) bond motifs is 1. The van der Waals surface area contributed by atoms with Crippen LogP contribution in [0.25, 0.3) is 11.0 Å². The molecule has 0 atom stereocenters. The minimum atomic E-state index is 0.0311. The molecule has 1 N–H and O–H groups in total. The van der Waals surface area contributed by atoms with Crippen LogP contribution in [-0.2, 0) is 0 Å². The van der Waals surface area contributed by atoms with Crippen molar-refractivity contribution >= 4 is 17.0 Å². The molecule has 7 heteroatoms. The van der Waals surface area contributed by atoms with Gasteiger partial charge in [-0.25, -0.2) is 4.73 Å². The minimum Gasteiger partial charge on any atom is -0.739 e. The van der Waals surface area contributed by atoms with Gasteiger partial charge in [0.25, 0.3) is 5.52 Å². The van der Waals surface area contributed by atoms with Crippen LogP contribution < -0.4 is 14.9 Å². The molecular formula is C13H19N5O2. The molecule has 2 rings (SSSR count). The molecule has 0 unspecified atom stereocenters. The van der Waals surface area contributed by atoms with Crippen LogP contribution in [0.15, 0.2) is 24.3 Å². The summed E-state index contributed by atoms with van der Waals surface area (Å²) in [5.74, 6) is 0.0311. The summed E-state index contributed by atoms with van der Waals surface area (Å²) in [4.78, 5) is 2.62. The Bertz CT molecular complexity index is 590. The summed E-state index contributed by atoms with van der Waals surface area (Å²) >= 11 is 0. The number of nitrogens with one attached hydrogen (secondary N) is 1. The summed E-state index contributed by atoms with van der Waals surface area (Å²) in [5, 5.41) is 30.5. The van der Waals surface area contributed by atoms with Gasteiger partial charge >= 0.3 is 5.95 Å². The number of hydrogen-bond acceptors (Lipinski definition) is 5. The van der Waals surface area contributed by atoms with Gasteiger partial charge in [0.05, 0.1) is 6.54 Å². The second kappa shape index (κ2) is 6.33. The Morgan fingerprint density at radius 1 is 1.20 bits per heavy atom. The fraction of sp³-hybridized carbons (Fsp3) is 0.462. The Balaban J connectivity index is 2.13.